The van der Waals surface area contributed by atoms with Gasteiger partial charge in [0.1, 0.15) is 6.04 Å². The van der Waals surface area contributed by atoms with Crippen LogP contribution in [0.25, 0.3) is 0 Å². The van der Waals surface area contributed by atoms with E-state index in [0.29, 0.717) is 13.0 Å². The van der Waals surface area contributed by atoms with Crippen LogP contribution >= 0.6 is 11.3 Å². The Hall–Kier alpha value is -1.36. The van der Waals surface area contributed by atoms with E-state index in [0.717, 1.165) is 24.1 Å². The molecule has 1 N–H and O–H groups in total. The van der Waals surface area contributed by atoms with Gasteiger partial charge in [0.05, 0.1) is 4.88 Å². The first-order valence-corrected chi connectivity index (χ1v) is 8.14. The molecule has 0 radical (unpaired) electrons. The maximum atomic E-state index is 12.5. The molecule has 5 heteroatoms. The number of carbonyl (C=O) groups is 2. The topological polar surface area (TPSA) is 57.6 Å². The number of aryl methyl sites for hydroxylation is 2. The Labute approximate surface area is 122 Å². The Morgan fingerprint density at radius 3 is 2.80 bits per heavy atom. The van der Waals surface area contributed by atoms with Crippen molar-refractivity contribution in [2.45, 2.75) is 51.0 Å². The molecule has 0 bridgehead atoms. The number of likely N-dealkylation sites (tertiary alicyclic amines) is 1. The van der Waals surface area contributed by atoms with Crippen molar-refractivity contribution in [2.24, 2.45) is 0 Å². The molecule has 1 aromatic heterocycles. The van der Waals surface area contributed by atoms with Crippen molar-refractivity contribution in [3.05, 3.63) is 21.4 Å². The average molecular weight is 293 g/mol. The lowest BCUT2D eigenvalue weighted by Gasteiger charge is -2.20. The minimum Gasteiger partial charge on any atom is -0.480 e. The van der Waals surface area contributed by atoms with E-state index in [-0.39, 0.29) is 5.91 Å². The number of thiophene rings is 1. The van der Waals surface area contributed by atoms with Crippen LogP contribution in [0.15, 0.2) is 6.07 Å². The smallest absolute Gasteiger partial charge is 0.326 e. The molecular weight excluding hydrogens is 274 g/mol. The fraction of sp³-hybridized carbons (Fsp3) is 0.600. The second-order valence-electron chi connectivity index (χ2n) is 5.61. The highest BCUT2D eigenvalue weighted by molar-refractivity contribution is 7.14. The molecule has 1 atom stereocenters. The van der Waals surface area contributed by atoms with E-state index < -0.39 is 12.0 Å². The van der Waals surface area contributed by atoms with Gasteiger partial charge in [0.15, 0.2) is 0 Å². The molecule has 1 saturated heterocycles. The van der Waals surface area contributed by atoms with E-state index in [1.165, 1.54) is 34.6 Å². The third-order valence-electron chi connectivity index (χ3n) is 4.26. The summed E-state index contributed by atoms with van der Waals surface area (Å²) in [4.78, 5) is 27.3. The van der Waals surface area contributed by atoms with E-state index in [9.17, 15) is 14.7 Å². The number of hydrogen-bond acceptors (Lipinski definition) is 3. The SMILES string of the molecule is O=C(O)C1CCCN1C(=O)c1cc2c(s1)CCCCC2. The zero-order chi connectivity index (χ0) is 14.1. The second kappa shape index (κ2) is 5.56. The fourth-order valence-corrected chi connectivity index (χ4v) is 4.39. The molecule has 0 saturated carbocycles. The third-order valence-corrected chi connectivity index (χ3v) is 5.48. The Bertz CT molecular complexity index is 514. The molecule has 0 aromatic carbocycles. The minimum absolute atomic E-state index is 0.0898. The lowest BCUT2D eigenvalue weighted by Crippen LogP contribution is -2.40. The van der Waals surface area contributed by atoms with Crippen LogP contribution in [0.2, 0.25) is 0 Å². The number of carbonyl (C=O) groups excluding carboxylic acids is 1. The Balaban J connectivity index is 1.82. The maximum absolute atomic E-state index is 12.5. The zero-order valence-electron chi connectivity index (χ0n) is 11.4. The van der Waals surface area contributed by atoms with Gasteiger partial charge in [-0.2, -0.15) is 0 Å². The molecule has 2 heterocycles. The van der Waals surface area contributed by atoms with Crippen LogP contribution in [0, 0.1) is 0 Å². The van der Waals surface area contributed by atoms with Crippen LogP contribution in [-0.2, 0) is 17.6 Å². The fourth-order valence-electron chi connectivity index (χ4n) is 3.18. The lowest BCUT2D eigenvalue weighted by atomic mass is 10.1. The average Bonchev–Trinajstić information content (AvgIpc) is 3.01. The maximum Gasteiger partial charge on any atom is 0.326 e. The number of aliphatic carboxylic acids is 1. The molecule has 20 heavy (non-hydrogen) atoms. The van der Waals surface area contributed by atoms with Crippen LogP contribution in [0.4, 0.5) is 0 Å². The highest BCUT2D eigenvalue weighted by atomic mass is 32.1. The van der Waals surface area contributed by atoms with Crippen LogP contribution in [0.3, 0.4) is 0 Å². The summed E-state index contributed by atoms with van der Waals surface area (Å²) in [7, 11) is 0. The van der Waals surface area contributed by atoms with Gasteiger partial charge in [-0.15, -0.1) is 11.3 Å². The van der Waals surface area contributed by atoms with Gasteiger partial charge in [-0.25, -0.2) is 4.79 Å². The van der Waals surface area contributed by atoms with Crippen molar-refractivity contribution in [1.29, 1.82) is 0 Å². The monoisotopic (exact) mass is 293 g/mol. The van der Waals surface area contributed by atoms with Crippen molar-refractivity contribution >= 4 is 23.2 Å². The number of carboxylic acids is 1. The van der Waals surface area contributed by atoms with E-state index >= 15 is 0 Å². The highest BCUT2D eigenvalue weighted by Crippen LogP contribution is 2.31. The van der Waals surface area contributed by atoms with Crippen LogP contribution < -0.4 is 0 Å². The van der Waals surface area contributed by atoms with E-state index in [1.807, 2.05) is 6.07 Å². The van der Waals surface area contributed by atoms with Gasteiger partial charge in [0.25, 0.3) is 5.91 Å². The Morgan fingerprint density at radius 1 is 1.20 bits per heavy atom. The first-order valence-electron chi connectivity index (χ1n) is 7.32. The summed E-state index contributed by atoms with van der Waals surface area (Å²) in [6, 6.07) is 1.37. The summed E-state index contributed by atoms with van der Waals surface area (Å²) < 4.78 is 0. The molecule has 0 spiro atoms. The molecule has 3 rings (SSSR count). The van der Waals surface area contributed by atoms with Crippen molar-refractivity contribution in [2.75, 3.05) is 6.54 Å². The predicted octanol–water partition coefficient (Wildman–Crippen LogP) is 2.71. The quantitative estimate of drug-likeness (QED) is 0.853. The molecule has 1 aromatic rings. The third kappa shape index (κ3) is 2.46. The van der Waals surface area contributed by atoms with E-state index in [1.54, 1.807) is 11.3 Å². The number of nitrogens with zero attached hydrogens (tertiary/aromatic N) is 1. The molecule has 1 fully saturated rings. The molecule has 4 nitrogen and oxygen atoms in total. The Morgan fingerprint density at radius 2 is 2.00 bits per heavy atom. The van der Waals surface area contributed by atoms with Crippen LogP contribution in [-0.4, -0.2) is 34.5 Å². The van der Waals surface area contributed by atoms with Gasteiger partial charge in [-0.05, 0) is 50.2 Å². The van der Waals surface area contributed by atoms with Crippen molar-refractivity contribution < 1.29 is 14.7 Å². The number of carboxylic acid groups (broad SMARTS) is 1. The normalized spacial score (nSPS) is 22.4. The molecule has 1 amide bonds. The summed E-state index contributed by atoms with van der Waals surface area (Å²) in [6.45, 7) is 0.568. The highest BCUT2D eigenvalue weighted by Gasteiger charge is 2.35. The van der Waals surface area contributed by atoms with Gasteiger partial charge in [-0.1, -0.05) is 6.42 Å². The molecular formula is C15H19NO3S. The first kappa shape index (κ1) is 13.6. The number of amides is 1. The lowest BCUT2D eigenvalue weighted by molar-refractivity contribution is -0.141. The van der Waals surface area contributed by atoms with Gasteiger partial charge in [0, 0.05) is 11.4 Å². The molecule has 2 aliphatic rings. The zero-order valence-corrected chi connectivity index (χ0v) is 12.2. The van der Waals surface area contributed by atoms with Gasteiger partial charge >= 0.3 is 5.97 Å². The van der Waals surface area contributed by atoms with E-state index in [2.05, 4.69) is 0 Å². The predicted molar refractivity (Wildman–Crippen MR) is 77.3 cm³/mol. The number of fused-ring (bicyclic) bond motifs is 1. The summed E-state index contributed by atoms with van der Waals surface area (Å²) in [5.74, 6) is -0.970. The van der Waals surface area contributed by atoms with Crippen LogP contribution in [0.1, 0.15) is 52.2 Å². The molecule has 1 aliphatic carbocycles. The molecule has 108 valence electrons. The Kier molecular flexibility index (Phi) is 3.78. The van der Waals surface area contributed by atoms with Gasteiger partial charge in [0.2, 0.25) is 0 Å². The number of rotatable bonds is 2. The minimum atomic E-state index is -0.881. The van der Waals surface area contributed by atoms with Crippen molar-refractivity contribution in [3.63, 3.8) is 0 Å². The standard InChI is InChI=1S/C15H19NO3S/c17-14(16-8-4-6-11(16)15(18)19)13-9-10-5-2-1-3-7-12(10)20-13/h9,11H,1-8H2,(H,18,19). The van der Waals surface area contributed by atoms with Crippen molar-refractivity contribution in [3.8, 4) is 0 Å². The first-order chi connectivity index (χ1) is 9.66. The second-order valence-corrected chi connectivity index (χ2v) is 6.75. The molecule has 1 aliphatic heterocycles. The van der Waals surface area contributed by atoms with E-state index in [4.69, 9.17) is 0 Å². The summed E-state index contributed by atoms with van der Waals surface area (Å²) >= 11 is 1.57. The molecule has 1 unspecified atom stereocenters. The van der Waals surface area contributed by atoms with Crippen molar-refractivity contribution in [1.82, 2.24) is 4.90 Å². The number of hydrogen-bond donors (Lipinski definition) is 1. The van der Waals surface area contributed by atoms with Crippen LogP contribution in [0.5, 0.6) is 0 Å². The van der Waals surface area contributed by atoms with Gasteiger partial charge < -0.3 is 10.0 Å². The summed E-state index contributed by atoms with van der Waals surface area (Å²) in [5, 5.41) is 9.19. The van der Waals surface area contributed by atoms with Gasteiger partial charge in [-0.3, -0.25) is 4.79 Å². The summed E-state index contributed by atoms with van der Waals surface area (Å²) in [6.07, 6.45) is 7.14. The largest absolute Gasteiger partial charge is 0.480 e. The summed E-state index contributed by atoms with van der Waals surface area (Å²) in [5.41, 5.74) is 1.31.